The van der Waals surface area contributed by atoms with Gasteiger partial charge in [0.1, 0.15) is 5.82 Å². The number of piperidine rings is 1. The number of hydrogen-bond acceptors (Lipinski definition) is 4. The molecule has 8 nitrogen and oxygen atoms in total. The van der Waals surface area contributed by atoms with Gasteiger partial charge in [-0.1, -0.05) is 32.0 Å². The highest BCUT2D eigenvalue weighted by atomic mass is 32.2. The molecule has 188 valence electrons. The number of anilines is 1. The molecule has 2 aromatic carbocycles. The van der Waals surface area contributed by atoms with Crippen LogP contribution in [0.15, 0.2) is 42.5 Å². The molecule has 0 bridgehead atoms. The number of aromatic amines is 1. The molecule has 2 heterocycles. The van der Waals surface area contributed by atoms with Gasteiger partial charge in [-0.25, -0.2) is 4.98 Å². The van der Waals surface area contributed by atoms with Crippen LogP contribution in [-0.2, 0) is 27.8 Å². The molecule has 35 heavy (non-hydrogen) atoms. The van der Waals surface area contributed by atoms with Crippen LogP contribution in [0.3, 0.4) is 0 Å². The Labute approximate surface area is 207 Å². The van der Waals surface area contributed by atoms with Crippen molar-refractivity contribution in [3.63, 3.8) is 0 Å². The molecular formula is C26H35N5O3S. The quantitative estimate of drug-likeness (QED) is 0.469. The van der Waals surface area contributed by atoms with Gasteiger partial charge in [0, 0.05) is 44.2 Å². The number of nitrogens with zero attached hydrogens (tertiary/aromatic N) is 3. The summed E-state index contributed by atoms with van der Waals surface area (Å²) < 4.78 is 28.4. The molecule has 1 aliphatic rings. The van der Waals surface area contributed by atoms with E-state index in [4.69, 9.17) is 0 Å². The number of carbonyl (C=O) groups excluding carboxylic acids is 1. The van der Waals surface area contributed by atoms with Gasteiger partial charge in [-0.05, 0) is 61.6 Å². The molecule has 0 atom stereocenters. The molecule has 0 saturated carbocycles. The minimum absolute atomic E-state index is 0.0466. The van der Waals surface area contributed by atoms with Crippen molar-refractivity contribution in [3.8, 4) is 0 Å². The Morgan fingerprint density at radius 3 is 2.57 bits per heavy atom. The number of imidazole rings is 1. The minimum atomic E-state index is -3.45. The van der Waals surface area contributed by atoms with Crippen LogP contribution in [-0.4, -0.2) is 59.1 Å². The maximum Gasteiger partial charge on any atom is 0.281 e. The van der Waals surface area contributed by atoms with Gasteiger partial charge in [0.2, 0.25) is 5.91 Å². The molecule has 1 aromatic heterocycles. The lowest BCUT2D eigenvalue weighted by atomic mass is 9.97. The van der Waals surface area contributed by atoms with Gasteiger partial charge in [0.25, 0.3) is 10.2 Å². The van der Waals surface area contributed by atoms with E-state index in [2.05, 4.69) is 40.4 Å². The Morgan fingerprint density at radius 1 is 1.11 bits per heavy atom. The third-order valence-corrected chi connectivity index (χ3v) is 8.90. The van der Waals surface area contributed by atoms with Gasteiger partial charge >= 0.3 is 0 Å². The average molecular weight is 498 g/mol. The number of carbonyl (C=O) groups is 1. The Morgan fingerprint density at radius 2 is 1.86 bits per heavy atom. The number of aryl methyl sites for hydroxylation is 3. The molecule has 9 heteroatoms. The lowest BCUT2D eigenvalue weighted by molar-refractivity contribution is -0.120. The first-order valence-electron chi connectivity index (χ1n) is 12.4. The van der Waals surface area contributed by atoms with Crippen molar-refractivity contribution in [3.05, 3.63) is 59.4 Å². The van der Waals surface area contributed by atoms with E-state index in [-0.39, 0.29) is 11.8 Å². The van der Waals surface area contributed by atoms with E-state index in [1.807, 2.05) is 38.1 Å². The molecule has 3 aromatic rings. The standard InChI is InChI=1S/C26H35N5O3S/c1-4-30(5-2)35(33,34)31-15-13-21(14-16-31)26(32)27-22-8-6-7-20(18-22)10-12-25-28-23-11-9-19(3)17-24(23)29-25/h6-9,11,17-18,21H,4-5,10,12-16H2,1-3H3,(H,27,32)(H,28,29). The van der Waals surface area contributed by atoms with Gasteiger partial charge in [0.05, 0.1) is 11.0 Å². The zero-order valence-electron chi connectivity index (χ0n) is 20.8. The van der Waals surface area contributed by atoms with Crippen LogP contribution in [0.4, 0.5) is 5.69 Å². The molecule has 0 unspecified atom stereocenters. The fraction of sp³-hybridized carbons (Fsp3) is 0.462. The van der Waals surface area contributed by atoms with Crippen LogP contribution in [0.25, 0.3) is 11.0 Å². The van der Waals surface area contributed by atoms with E-state index < -0.39 is 10.2 Å². The second kappa shape index (κ2) is 10.9. The fourth-order valence-electron chi connectivity index (χ4n) is 4.67. The molecule has 0 radical (unpaired) electrons. The van der Waals surface area contributed by atoms with Gasteiger partial charge in [-0.2, -0.15) is 17.0 Å². The van der Waals surface area contributed by atoms with Crippen LogP contribution in [0.5, 0.6) is 0 Å². The van der Waals surface area contributed by atoms with Crippen LogP contribution in [0, 0.1) is 12.8 Å². The first kappa shape index (κ1) is 25.3. The molecule has 1 fully saturated rings. The van der Waals surface area contributed by atoms with Crippen molar-refractivity contribution in [2.24, 2.45) is 5.92 Å². The van der Waals surface area contributed by atoms with E-state index in [0.29, 0.717) is 39.0 Å². The lowest BCUT2D eigenvalue weighted by Gasteiger charge is -2.33. The minimum Gasteiger partial charge on any atom is -0.342 e. The number of H-pyrrole nitrogens is 1. The zero-order chi connectivity index (χ0) is 25.0. The number of nitrogens with one attached hydrogen (secondary N) is 2. The first-order valence-corrected chi connectivity index (χ1v) is 13.8. The predicted octanol–water partition coefficient (Wildman–Crippen LogP) is 3.89. The Kier molecular flexibility index (Phi) is 7.88. The van der Waals surface area contributed by atoms with Crippen molar-refractivity contribution < 1.29 is 13.2 Å². The van der Waals surface area contributed by atoms with Crippen molar-refractivity contribution in [2.45, 2.75) is 46.5 Å². The van der Waals surface area contributed by atoms with Crippen molar-refractivity contribution in [2.75, 3.05) is 31.5 Å². The van der Waals surface area contributed by atoms with Crippen molar-refractivity contribution in [1.29, 1.82) is 0 Å². The molecule has 1 aliphatic heterocycles. The third-order valence-electron chi connectivity index (χ3n) is 6.71. The number of rotatable bonds is 9. The van der Waals surface area contributed by atoms with E-state index >= 15 is 0 Å². The normalized spacial score (nSPS) is 15.7. The van der Waals surface area contributed by atoms with Crippen molar-refractivity contribution >= 4 is 32.8 Å². The Hall–Kier alpha value is -2.75. The van der Waals surface area contributed by atoms with E-state index in [0.717, 1.165) is 41.0 Å². The number of amides is 1. The monoisotopic (exact) mass is 497 g/mol. The van der Waals surface area contributed by atoms with Crippen LogP contribution < -0.4 is 5.32 Å². The summed E-state index contributed by atoms with van der Waals surface area (Å²) >= 11 is 0. The number of fused-ring (bicyclic) bond motifs is 1. The summed E-state index contributed by atoms with van der Waals surface area (Å²) in [5.74, 6) is 0.710. The molecular weight excluding hydrogens is 462 g/mol. The summed E-state index contributed by atoms with van der Waals surface area (Å²) in [6.45, 7) is 7.39. The summed E-state index contributed by atoms with van der Waals surface area (Å²) in [5.41, 5.74) is 5.12. The number of aromatic nitrogens is 2. The summed E-state index contributed by atoms with van der Waals surface area (Å²) in [5, 5.41) is 3.04. The van der Waals surface area contributed by atoms with Crippen molar-refractivity contribution in [1.82, 2.24) is 18.6 Å². The summed E-state index contributed by atoms with van der Waals surface area (Å²) in [6, 6.07) is 14.1. The zero-order valence-corrected chi connectivity index (χ0v) is 21.6. The smallest absolute Gasteiger partial charge is 0.281 e. The van der Waals surface area contributed by atoms with Gasteiger partial charge < -0.3 is 10.3 Å². The van der Waals surface area contributed by atoms with Crippen LogP contribution in [0.2, 0.25) is 0 Å². The first-order chi connectivity index (χ1) is 16.8. The van der Waals surface area contributed by atoms with Crippen LogP contribution in [0.1, 0.15) is 43.6 Å². The maximum atomic E-state index is 12.9. The van der Waals surface area contributed by atoms with E-state index in [1.54, 1.807) is 0 Å². The highest BCUT2D eigenvalue weighted by Gasteiger charge is 2.33. The second-order valence-electron chi connectivity index (χ2n) is 9.16. The number of benzene rings is 2. The second-order valence-corrected chi connectivity index (χ2v) is 11.1. The SMILES string of the molecule is CCN(CC)S(=O)(=O)N1CCC(C(=O)Nc2cccc(CCc3nc4ccc(C)cc4[nH]3)c2)CC1. The van der Waals surface area contributed by atoms with Crippen LogP contribution >= 0.6 is 0 Å². The Balaban J connectivity index is 1.31. The maximum absolute atomic E-state index is 12.9. The predicted molar refractivity (Wildman–Crippen MR) is 139 cm³/mol. The third kappa shape index (κ3) is 5.91. The molecule has 1 saturated heterocycles. The highest BCUT2D eigenvalue weighted by Crippen LogP contribution is 2.23. The van der Waals surface area contributed by atoms with Gasteiger partial charge in [0.15, 0.2) is 0 Å². The average Bonchev–Trinajstić information content (AvgIpc) is 3.25. The molecule has 0 aliphatic carbocycles. The molecule has 2 N–H and O–H groups in total. The summed E-state index contributed by atoms with van der Waals surface area (Å²) in [6.07, 6.45) is 2.64. The largest absolute Gasteiger partial charge is 0.342 e. The highest BCUT2D eigenvalue weighted by molar-refractivity contribution is 7.86. The van der Waals surface area contributed by atoms with E-state index in [1.165, 1.54) is 14.2 Å². The number of hydrogen-bond donors (Lipinski definition) is 2. The van der Waals surface area contributed by atoms with Gasteiger partial charge in [-0.15, -0.1) is 0 Å². The fourth-order valence-corrected chi connectivity index (χ4v) is 6.32. The summed E-state index contributed by atoms with van der Waals surface area (Å²) in [7, 11) is -3.45. The van der Waals surface area contributed by atoms with E-state index in [9.17, 15) is 13.2 Å². The topological polar surface area (TPSA) is 98.4 Å². The van der Waals surface area contributed by atoms with Gasteiger partial charge in [-0.3, -0.25) is 4.79 Å². The Bertz CT molecular complexity index is 1280. The molecule has 1 amide bonds. The molecule has 0 spiro atoms. The lowest BCUT2D eigenvalue weighted by Crippen LogP contribution is -2.48. The summed E-state index contributed by atoms with van der Waals surface area (Å²) in [4.78, 5) is 20.9. The molecule has 4 rings (SSSR count).